The summed E-state index contributed by atoms with van der Waals surface area (Å²) in [5, 5.41) is 3.98. The molecule has 10 heteroatoms. The maximum atomic E-state index is 13.7. The lowest BCUT2D eigenvalue weighted by Gasteiger charge is -2.45. The van der Waals surface area contributed by atoms with Gasteiger partial charge in [0.1, 0.15) is 5.60 Å². The van der Waals surface area contributed by atoms with Gasteiger partial charge in [-0.3, -0.25) is 0 Å². The first-order valence-electron chi connectivity index (χ1n) is 15.6. The average molecular weight is 655 g/mol. The van der Waals surface area contributed by atoms with Crippen LogP contribution < -0.4 is 19.5 Å². The fraction of sp³-hybridized carbons (Fsp3) is 0.457. The molecule has 1 aliphatic carbocycles. The minimum Gasteiger partial charge on any atom is -0.493 e. The number of carbonyl (C=O) groups is 1. The predicted molar refractivity (Wildman–Crippen MR) is 178 cm³/mol. The third-order valence-electron chi connectivity index (χ3n) is 9.94. The monoisotopic (exact) mass is 653 g/mol. The van der Waals surface area contributed by atoms with Gasteiger partial charge in [-0.2, -0.15) is 0 Å². The number of morpholine rings is 1. The SMILES string of the molecule is COc1cc(NC(=O)N2CCOC(CCN3CCC4(CCc5ccccc54)CC3)(c3ccc(Cl)c(Cl)c3)C2)cc(OC)c1OC. The summed E-state index contributed by atoms with van der Waals surface area (Å²) in [7, 11) is 4.64. The highest BCUT2D eigenvalue weighted by Gasteiger charge is 2.43. The minimum atomic E-state index is -0.742. The van der Waals surface area contributed by atoms with Crippen LogP contribution in [-0.4, -0.2) is 76.5 Å². The van der Waals surface area contributed by atoms with E-state index in [0.29, 0.717) is 64.5 Å². The highest BCUT2D eigenvalue weighted by molar-refractivity contribution is 6.42. The van der Waals surface area contributed by atoms with E-state index in [4.69, 9.17) is 42.1 Å². The fourth-order valence-electron chi connectivity index (χ4n) is 7.39. The second kappa shape index (κ2) is 13.3. The van der Waals surface area contributed by atoms with Gasteiger partial charge in [-0.25, -0.2) is 4.79 Å². The number of rotatable bonds is 8. The van der Waals surface area contributed by atoms with E-state index in [1.807, 2.05) is 12.1 Å². The molecule has 240 valence electrons. The zero-order chi connectivity index (χ0) is 31.6. The van der Waals surface area contributed by atoms with Crippen LogP contribution >= 0.6 is 23.2 Å². The summed E-state index contributed by atoms with van der Waals surface area (Å²) in [6, 6.07) is 17.8. The lowest BCUT2D eigenvalue weighted by atomic mass is 9.73. The molecule has 2 heterocycles. The third-order valence-corrected chi connectivity index (χ3v) is 10.7. The van der Waals surface area contributed by atoms with Gasteiger partial charge in [0.25, 0.3) is 0 Å². The number of urea groups is 1. The van der Waals surface area contributed by atoms with E-state index in [-0.39, 0.29) is 6.03 Å². The van der Waals surface area contributed by atoms with E-state index in [1.54, 1.807) is 50.0 Å². The molecule has 3 aliphatic rings. The zero-order valence-electron chi connectivity index (χ0n) is 26.2. The van der Waals surface area contributed by atoms with E-state index < -0.39 is 5.60 Å². The molecule has 3 aromatic carbocycles. The van der Waals surface area contributed by atoms with Crippen LogP contribution in [0.1, 0.15) is 42.4 Å². The molecule has 0 radical (unpaired) electrons. The maximum absolute atomic E-state index is 13.7. The Balaban J connectivity index is 1.19. The number of fused-ring (bicyclic) bond motifs is 2. The zero-order valence-corrected chi connectivity index (χ0v) is 27.7. The Labute approximate surface area is 275 Å². The Hall–Kier alpha value is -3.17. The number of hydrogen-bond acceptors (Lipinski definition) is 6. The molecule has 1 atom stereocenters. The van der Waals surface area contributed by atoms with E-state index in [2.05, 4.69) is 34.5 Å². The highest BCUT2D eigenvalue weighted by atomic mass is 35.5. The van der Waals surface area contributed by atoms with Crippen LogP contribution in [0.5, 0.6) is 17.2 Å². The molecule has 2 aliphatic heterocycles. The van der Waals surface area contributed by atoms with Gasteiger partial charge in [0.2, 0.25) is 5.75 Å². The van der Waals surface area contributed by atoms with Gasteiger partial charge in [0.15, 0.2) is 11.5 Å². The van der Waals surface area contributed by atoms with Crippen LogP contribution in [0.2, 0.25) is 10.0 Å². The summed E-state index contributed by atoms with van der Waals surface area (Å²) in [5.41, 5.74) is 4.09. The van der Waals surface area contributed by atoms with Crippen LogP contribution in [-0.2, 0) is 22.2 Å². The van der Waals surface area contributed by atoms with Gasteiger partial charge in [-0.05, 0) is 79.4 Å². The lowest BCUT2D eigenvalue weighted by molar-refractivity contribution is -0.111. The van der Waals surface area contributed by atoms with Crippen molar-refractivity contribution in [1.29, 1.82) is 0 Å². The molecule has 1 unspecified atom stereocenters. The van der Waals surface area contributed by atoms with Gasteiger partial charge in [0.05, 0.1) is 50.2 Å². The maximum Gasteiger partial charge on any atom is 0.322 e. The fourth-order valence-corrected chi connectivity index (χ4v) is 7.69. The Morgan fingerprint density at radius 2 is 1.64 bits per heavy atom. The second-order valence-corrected chi connectivity index (χ2v) is 13.1. The summed E-state index contributed by atoms with van der Waals surface area (Å²) >= 11 is 12.8. The lowest BCUT2D eigenvalue weighted by Crippen LogP contribution is -2.54. The van der Waals surface area contributed by atoms with Gasteiger partial charge in [0, 0.05) is 25.2 Å². The standard InChI is InChI=1S/C35H41Cl2N3O5/c1-42-30-21-26(22-31(43-2)32(30)44-3)38-33(41)40-18-19-45-35(23-40,25-8-9-28(36)29(37)20-25)14-17-39-15-12-34(13-16-39)11-10-24-6-4-5-7-27(24)34/h4-9,20-22H,10-19,23H2,1-3H3,(H,38,41). The van der Waals surface area contributed by atoms with E-state index in [1.165, 1.54) is 18.4 Å². The van der Waals surface area contributed by atoms with Crippen molar-refractivity contribution in [3.8, 4) is 17.2 Å². The molecule has 8 nitrogen and oxygen atoms in total. The normalized spacial score (nSPS) is 21.0. The van der Waals surface area contributed by atoms with Crippen molar-refractivity contribution in [1.82, 2.24) is 9.80 Å². The number of hydrogen-bond donors (Lipinski definition) is 1. The molecule has 2 saturated heterocycles. The van der Waals surface area contributed by atoms with Gasteiger partial charge in [-0.15, -0.1) is 0 Å². The van der Waals surface area contributed by atoms with Crippen LogP contribution in [0.3, 0.4) is 0 Å². The average Bonchev–Trinajstić information content (AvgIpc) is 3.43. The van der Waals surface area contributed by atoms with Crippen LogP contribution in [0, 0.1) is 0 Å². The molecule has 3 aromatic rings. The molecule has 1 spiro atoms. The smallest absolute Gasteiger partial charge is 0.322 e. The Bertz CT molecular complexity index is 1520. The molecule has 45 heavy (non-hydrogen) atoms. The largest absolute Gasteiger partial charge is 0.493 e. The number of carbonyl (C=O) groups excluding carboxylic acids is 1. The molecule has 2 amide bonds. The molecule has 0 bridgehead atoms. The van der Waals surface area contributed by atoms with Crippen molar-refractivity contribution in [2.24, 2.45) is 0 Å². The molecule has 0 aromatic heterocycles. The first kappa shape index (κ1) is 31.8. The first-order chi connectivity index (χ1) is 21.8. The van der Waals surface area contributed by atoms with E-state index in [9.17, 15) is 4.79 Å². The minimum absolute atomic E-state index is 0.239. The van der Waals surface area contributed by atoms with Crippen molar-refractivity contribution in [2.45, 2.75) is 43.1 Å². The number of nitrogens with zero attached hydrogens (tertiary/aromatic N) is 2. The van der Waals surface area contributed by atoms with Crippen molar-refractivity contribution < 1.29 is 23.7 Å². The predicted octanol–water partition coefficient (Wildman–Crippen LogP) is 7.15. The molecular weight excluding hydrogens is 613 g/mol. The molecule has 0 saturated carbocycles. The molecule has 1 N–H and O–H groups in total. The number of likely N-dealkylation sites (tertiary alicyclic amines) is 1. The van der Waals surface area contributed by atoms with Gasteiger partial charge in [-0.1, -0.05) is 53.5 Å². The third kappa shape index (κ3) is 6.30. The Morgan fingerprint density at radius 3 is 2.33 bits per heavy atom. The number of piperidine rings is 1. The van der Waals surface area contributed by atoms with Crippen LogP contribution in [0.15, 0.2) is 54.6 Å². The summed E-state index contributed by atoms with van der Waals surface area (Å²) in [4.78, 5) is 18.0. The van der Waals surface area contributed by atoms with Crippen molar-refractivity contribution in [2.75, 3.05) is 66.0 Å². The van der Waals surface area contributed by atoms with Crippen molar-refractivity contribution >= 4 is 34.9 Å². The highest BCUT2D eigenvalue weighted by Crippen LogP contribution is 2.47. The Kier molecular flexibility index (Phi) is 9.39. The number of aryl methyl sites for hydroxylation is 1. The van der Waals surface area contributed by atoms with E-state index in [0.717, 1.165) is 38.0 Å². The number of ether oxygens (including phenoxy) is 4. The van der Waals surface area contributed by atoms with Crippen LogP contribution in [0.4, 0.5) is 10.5 Å². The topological polar surface area (TPSA) is 72.5 Å². The molecular formula is C35H41Cl2N3O5. The summed E-state index contributed by atoms with van der Waals surface area (Å²) in [6.45, 7) is 4.13. The van der Waals surface area contributed by atoms with Crippen molar-refractivity contribution in [3.05, 3.63) is 81.3 Å². The number of anilines is 1. The van der Waals surface area contributed by atoms with Crippen molar-refractivity contribution in [3.63, 3.8) is 0 Å². The van der Waals surface area contributed by atoms with E-state index >= 15 is 0 Å². The summed E-state index contributed by atoms with van der Waals surface area (Å²) < 4.78 is 23.0. The number of methoxy groups -OCH3 is 3. The number of benzene rings is 3. The number of amides is 2. The number of halogens is 2. The second-order valence-electron chi connectivity index (χ2n) is 12.3. The summed E-state index contributed by atoms with van der Waals surface area (Å²) in [6.07, 6.45) is 5.45. The van der Waals surface area contributed by atoms with Gasteiger partial charge < -0.3 is 34.1 Å². The Morgan fingerprint density at radius 1 is 0.911 bits per heavy atom. The number of nitrogens with one attached hydrogen (secondary N) is 1. The molecule has 6 rings (SSSR count). The summed E-state index contributed by atoms with van der Waals surface area (Å²) in [5.74, 6) is 1.39. The van der Waals surface area contributed by atoms with Crippen LogP contribution in [0.25, 0.3) is 0 Å². The molecule has 2 fully saturated rings. The van der Waals surface area contributed by atoms with Gasteiger partial charge >= 0.3 is 6.03 Å². The quantitative estimate of drug-likeness (QED) is 0.278. The first-order valence-corrected chi connectivity index (χ1v) is 16.3.